The summed E-state index contributed by atoms with van der Waals surface area (Å²) in [6, 6.07) is 1.25. The molecule has 18 heavy (non-hydrogen) atoms. The summed E-state index contributed by atoms with van der Waals surface area (Å²) in [5.74, 6) is -1.26. The van der Waals surface area contributed by atoms with Gasteiger partial charge in [-0.1, -0.05) is 11.6 Å². The van der Waals surface area contributed by atoms with Crippen LogP contribution in [0.25, 0.3) is 0 Å². The van der Waals surface area contributed by atoms with E-state index in [1.165, 1.54) is 0 Å². The summed E-state index contributed by atoms with van der Waals surface area (Å²) in [4.78, 5) is 22.5. The maximum Gasteiger partial charge on any atom is 0.305 e. The molecule has 6 heteroatoms. The van der Waals surface area contributed by atoms with E-state index in [0.717, 1.165) is 0 Å². The highest BCUT2D eigenvalue weighted by Gasteiger charge is 2.17. The smallest absolute Gasteiger partial charge is 0.305 e. The van der Waals surface area contributed by atoms with E-state index >= 15 is 0 Å². The number of rotatable bonds is 5. The molecular weight excluding hydrogens is 256 g/mol. The summed E-state index contributed by atoms with van der Waals surface area (Å²) >= 11 is 5.88. The molecule has 1 atom stereocenters. The Morgan fingerprint density at radius 2 is 2.06 bits per heavy atom. The fourth-order valence-electron chi connectivity index (χ4n) is 1.67. The molecule has 1 unspecified atom stereocenters. The summed E-state index contributed by atoms with van der Waals surface area (Å²) in [6.07, 6.45) is 1.57. The zero-order valence-corrected chi connectivity index (χ0v) is 11.4. The first-order valence-electron chi connectivity index (χ1n) is 5.71. The molecule has 0 saturated heterocycles. The number of aliphatic carboxylic acids is 1. The van der Waals surface area contributed by atoms with Gasteiger partial charge in [-0.2, -0.15) is 0 Å². The van der Waals surface area contributed by atoms with E-state index in [0.29, 0.717) is 10.7 Å². The Bertz CT molecular complexity index is 454. The Kier molecular flexibility index (Phi) is 4.78. The van der Waals surface area contributed by atoms with Crippen LogP contribution >= 0.6 is 11.6 Å². The molecule has 100 valence electrons. The maximum atomic E-state index is 12.0. The van der Waals surface area contributed by atoms with Crippen LogP contribution in [0.5, 0.6) is 0 Å². The van der Waals surface area contributed by atoms with Crippen LogP contribution in [0.1, 0.15) is 43.7 Å². The van der Waals surface area contributed by atoms with Gasteiger partial charge in [0.1, 0.15) is 5.69 Å². The third kappa shape index (κ3) is 3.77. The van der Waals surface area contributed by atoms with E-state index < -0.39 is 12.0 Å². The van der Waals surface area contributed by atoms with E-state index in [4.69, 9.17) is 16.7 Å². The van der Waals surface area contributed by atoms with Crippen LogP contribution < -0.4 is 5.32 Å². The van der Waals surface area contributed by atoms with Crippen LogP contribution in [-0.2, 0) is 4.79 Å². The SMILES string of the molecule is CC(CC(=O)O)NC(=O)c1cc(Cl)cn1C(C)C. The summed E-state index contributed by atoms with van der Waals surface area (Å²) in [7, 11) is 0. The van der Waals surface area contributed by atoms with Crippen molar-refractivity contribution in [3.8, 4) is 0 Å². The van der Waals surface area contributed by atoms with Gasteiger partial charge in [0.15, 0.2) is 0 Å². The molecule has 0 saturated carbocycles. The summed E-state index contributed by atoms with van der Waals surface area (Å²) in [6.45, 7) is 5.53. The van der Waals surface area contributed by atoms with E-state index in [-0.39, 0.29) is 18.4 Å². The number of carboxylic acids is 1. The Hall–Kier alpha value is -1.49. The number of hydrogen-bond donors (Lipinski definition) is 2. The number of amides is 1. The molecule has 0 aliphatic rings. The van der Waals surface area contributed by atoms with Gasteiger partial charge in [0.05, 0.1) is 11.4 Å². The Labute approximate surface area is 111 Å². The molecule has 1 aromatic rings. The predicted molar refractivity (Wildman–Crippen MR) is 69.0 cm³/mol. The van der Waals surface area contributed by atoms with Gasteiger partial charge in [-0.25, -0.2) is 0 Å². The summed E-state index contributed by atoms with van der Waals surface area (Å²) in [5.41, 5.74) is 0.437. The molecule has 1 rings (SSSR count). The average molecular weight is 273 g/mol. The number of carboxylic acid groups (broad SMARTS) is 1. The van der Waals surface area contributed by atoms with Crippen molar-refractivity contribution in [3.05, 3.63) is 23.0 Å². The minimum Gasteiger partial charge on any atom is -0.481 e. The van der Waals surface area contributed by atoms with Gasteiger partial charge >= 0.3 is 5.97 Å². The van der Waals surface area contributed by atoms with Crippen molar-refractivity contribution in [3.63, 3.8) is 0 Å². The van der Waals surface area contributed by atoms with E-state index in [1.54, 1.807) is 23.8 Å². The van der Waals surface area contributed by atoms with Gasteiger partial charge in [-0.05, 0) is 26.8 Å². The topological polar surface area (TPSA) is 71.3 Å². The molecule has 0 fully saturated rings. The second kappa shape index (κ2) is 5.91. The molecule has 0 aromatic carbocycles. The lowest BCUT2D eigenvalue weighted by Gasteiger charge is -2.15. The van der Waals surface area contributed by atoms with Gasteiger partial charge in [-0.3, -0.25) is 9.59 Å². The van der Waals surface area contributed by atoms with E-state index in [9.17, 15) is 9.59 Å². The Morgan fingerprint density at radius 1 is 1.44 bits per heavy atom. The van der Waals surface area contributed by atoms with E-state index in [1.807, 2.05) is 13.8 Å². The Balaban J connectivity index is 2.81. The van der Waals surface area contributed by atoms with Gasteiger partial charge in [0.25, 0.3) is 5.91 Å². The van der Waals surface area contributed by atoms with Crippen LogP contribution in [-0.4, -0.2) is 27.6 Å². The van der Waals surface area contributed by atoms with Crippen LogP contribution in [0.15, 0.2) is 12.3 Å². The Morgan fingerprint density at radius 3 is 2.56 bits per heavy atom. The quantitative estimate of drug-likeness (QED) is 0.864. The number of carbonyl (C=O) groups is 2. The number of nitrogens with one attached hydrogen (secondary N) is 1. The van der Waals surface area contributed by atoms with E-state index in [2.05, 4.69) is 5.32 Å². The highest BCUT2D eigenvalue weighted by Crippen LogP contribution is 2.18. The lowest BCUT2D eigenvalue weighted by atomic mass is 10.2. The molecule has 5 nitrogen and oxygen atoms in total. The van der Waals surface area contributed by atoms with Gasteiger partial charge in [0, 0.05) is 18.3 Å². The fraction of sp³-hybridized carbons (Fsp3) is 0.500. The van der Waals surface area contributed by atoms with Crippen LogP contribution in [0, 0.1) is 0 Å². The average Bonchev–Trinajstić information content (AvgIpc) is 2.58. The molecule has 0 aliphatic heterocycles. The number of carbonyl (C=O) groups excluding carboxylic acids is 1. The van der Waals surface area contributed by atoms with Crippen LogP contribution in [0.2, 0.25) is 5.02 Å². The van der Waals surface area contributed by atoms with Crippen molar-refractivity contribution in [1.29, 1.82) is 0 Å². The first-order chi connectivity index (χ1) is 8.31. The molecule has 2 N–H and O–H groups in total. The number of aromatic nitrogens is 1. The highest BCUT2D eigenvalue weighted by atomic mass is 35.5. The van der Waals surface area contributed by atoms with Crippen molar-refractivity contribution in [2.24, 2.45) is 0 Å². The van der Waals surface area contributed by atoms with Crippen molar-refractivity contribution >= 4 is 23.5 Å². The number of nitrogens with zero attached hydrogens (tertiary/aromatic N) is 1. The van der Waals surface area contributed by atoms with Crippen molar-refractivity contribution in [2.75, 3.05) is 0 Å². The monoisotopic (exact) mass is 272 g/mol. The molecule has 0 radical (unpaired) electrons. The zero-order valence-electron chi connectivity index (χ0n) is 10.6. The standard InChI is InChI=1S/C12H17ClN2O3/c1-7(2)15-6-9(13)5-10(15)12(18)14-8(3)4-11(16)17/h5-8H,4H2,1-3H3,(H,14,18)(H,16,17). The molecule has 0 bridgehead atoms. The molecule has 1 heterocycles. The number of halogens is 1. The van der Waals surface area contributed by atoms with Gasteiger partial charge in [-0.15, -0.1) is 0 Å². The molecule has 0 spiro atoms. The first kappa shape index (κ1) is 14.6. The largest absolute Gasteiger partial charge is 0.481 e. The van der Waals surface area contributed by atoms with Crippen LogP contribution in [0.4, 0.5) is 0 Å². The second-order valence-electron chi connectivity index (χ2n) is 4.52. The van der Waals surface area contributed by atoms with Gasteiger partial charge in [0.2, 0.25) is 0 Å². The summed E-state index contributed by atoms with van der Waals surface area (Å²) in [5, 5.41) is 11.8. The fourth-order valence-corrected chi connectivity index (χ4v) is 1.87. The third-order valence-electron chi connectivity index (χ3n) is 2.46. The van der Waals surface area contributed by atoms with Gasteiger partial charge < -0.3 is 15.0 Å². The van der Waals surface area contributed by atoms with Crippen LogP contribution in [0.3, 0.4) is 0 Å². The van der Waals surface area contributed by atoms with Crippen molar-refractivity contribution in [1.82, 2.24) is 9.88 Å². The maximum absolute atomic E-state index is 12.0. The normalized spacial score (nSPS) is 12.5. The lowest BCUT2D eigenvalue weighted by molar-refractivity contribution is -0.137. The minimum absolute atomic E-state index is 0.105. The summed E-state index contributed by atoms with van der Waals surface area (Å²) < 4.78 is 1.76. The third-order valence-corrected chi connectivity index (χ3v) is 2.67. The highest BCUT2D eigenvalue weighted by molar-refractivity contribution is 6.31. The van der Waals surface area contributed by atoms with Crippen molar-refractivity contribution in [2.45, 2.75) is 39.3 Å². The molecule has 1 aromatic heterocycles. The first-order valence-corrected chi connectivity index (χ1v) is 6.09. The lowest BCUT2D eigenvalue weighted by Crippen LogP contribution is -2.35. The zero-order chi connectivity index (χ0) is 13.9. The second-order valence-corrected chi connectivity index (χ2v) is 4.95. The number of hydrogen-bond acceptors (Lipinski definition) is 2. The van der Waals surface area contributed by atoms with Crippen molar-refractivity contribution < 1.29 is 14.7 Å². The molecule has 0 aliphatic carbocycles. The molecular formula is C12H17ClN2O3. The predicted octanol–water partition coefficient (Wildman–Crippen LogP) is 2.32. The molecule has 1 amide bonds. The minimum atomic E-state index is -0.944.